The first-order valence-electron chi connectivity index (χ1n) is 12.5. The Balaban J connectivity index is 1.50. The molecule has 3 aromatic rings. The molecule has 0 saturated carbocycles. The lowest BCUT2D eigenvalue weighted by atomic mass is 9.93. The van der Waals surface area contributed by atoms with Crippen LogP contribution >= 0.6 is 11.6 Å². The van der Waals surface area contributed by atoms with Crippen molar-refractivity contribution in [2.24, 2.45) is 5.92 Å². The van der Waals surface area contributed by atoms with E-state index >= 15 is 0 Å². The molecule has 0 aliphatic carbocycles. The van der Waals surface area contributed by atoms with E-state index in [4.69, 9.17) is 11.6 Å². The van der Waals surface area contributed by atoms with Gasteiger partial charge in [-0.05, 0) is 31.4 Å². The van der Waals surface area contributed by atoms with Gasteiger partial charge < -0.3 is 9.80 Å². The van der Waals surface area contributed by atoms with Crippen LogP contribution in [0.25, 0.3) is 0 Å². The van der Waals surface area contributed by atoms with Gasteiger partial charge in [0.25, 0.3) is 11.5 Å². The topological polar surface area (TPSA) is 79.7 Å². The van der Waals surface area contributed by atoms with Crippen molar-refractivity contribution >= 4 is 29.2 Å². The van der Waals surface area contributed by atoms with Gasteiger partial charge in [0.15, 0.2) is 11.8 Å². The van der Waals surface area contributed by atoms with E-state index in [1.807, 2.05) is 42.2 Å². The highest BCUT2D eigenvalue weighted by atomic mass is 35.5. The summed E-state index contributed by atoms with van der Waals surface area (Å²) in [6.45, 7) is 3.75. The van der Waals surface area contributed by atoms with Crippen molar-refractivity contribution in [1.82, 2.24) is 14.4 Å². The molecule has 0 spiro atoms. The molecule has 2 amide bonds. The van der Waals surface area contributed by atoms with E-state index in [2.05, 4.69) is 0 Å². The third kappa shape index (κ3) is 6.17. The van der Waals surface area contributed by atoms with Crippen LogP contribution in [0.1, 0.15) is 41.7 Å². The lowest BCUT2D eigenvalue weighted by molar-refractivity contribution is -0.142. The van der Waals surface area contributed by atoms with E-state index in [-0.39, 0.29) is 16.8 Å². The molecule has 8 heteroatoms. The maximum absolute atomic E-state index is 13.7. The molecule has 1 atom stereocenters. The molecule has 0 N–H and O–H groups in total. The van der Waals surface area contributed by atoms with Crippen molar-refractivity contribution in [2.75, 3.05) is 19.6 Å². The van der Waals surface area contributed by atoms with E-state index in [1.165, 1.54) is 18.3 Å². The summed E-state index contributed by atoms with van der Waals surface area (Å²) in [6, 6.07) is 19.6. The molecule has 1 aromatic heterocycles. The number of carbonyl (C=O) groups excluding carboxylic acids is 3. The number of hydrogen-bond acceptors (Lipinski definition) is 4. The van der Waals surface area contributed by atoms with E-state index in [1.54, 1.807) is 35.2 Å². The summed E-state index contributed by atoms with van der Waals surface area (Å²) in [5, 5.41) is 0.251. The monoisotopic (exact) mass is 519 g/mol. The van der Waals surface area contributed by atoms with E-state index < -0.39 is 23.3 Å². The smallest absolute Gasteiger partial charge is 0.253 e. The highest BCUT2D eigenvalue weighted by Crippen LogP contribution is 2.25. The summed E-state index contributed by atoms with van der Waals surface area (Å²) >= 11 is 6.12. The standard InChI is InChI=1S/C29H30ClN3O4/c1-2-31(19-21-9-5-3-6-10-21)28(36)23-15-17-32(18-16-23)29(37)26(27(35)22-11-7-4-8-12-22)33-20-24(30)13-14-25(33)34/h3-14,20,23,26H,2,15-19H2,1H3. The highest BCUT2D eigenvalue weighted by Gasteiger charge is 2.37. The fourth-order valence-corrected chi connectivity index (χ4v) is 4.89. The molecule has 1 fully saturated rings. The van der Waals surface area contributed by atoms with Gasteiger partial charge in [-0.2, -0.15) is 0 Å². The molecule has 0 bridgehead atoms. The second-order valence-corrected chi connectivity index (χ2v) is 9.60. The Hall–Kier alpha value is -3.71. The van der Waals surface area contributed by atoms with Gasteiger partial charge in [-0.1, -0.05) is 72.3 Å². The van der Waals surface area contributed by atoms with Gasteiger partial charge in [0.1, 0.15) is 0 Å². The SMILES string of the molecule is CCN(Cc1ccccc1)C(=O)C1CCN(C(=O)C(C(=O)c2ccccc2)n2cc(Cl)ccc2=O)CC1. The van der Waals surface area contributed by atoms with E-state index in [0.29, 0.717) is 44.6 Å². The van der Waals surface area contributed by atoms with Crippen molar-refractivity contribution < 1.29 is 14.4 Å². The number of aromatic nitrogens is 1. The number of carbonyl (C=O) groups is 3. The molecular formula is C29H30ClN3O4. The molecule has 7 nitrogen and oxygen atoms in total. The van der Waals surface area contributed by atoms with Crippen molar-refractivity contribution in [3.63, 3.8) is 0 Å². The molecule has 1 saturated heterocycles. The minimum atomic E-state index is -1.37. The number of hydrogen-bond donors (Lipinski definition) is 0. The first-order chi connectivity index (χ1) is 17.9. The number of nitrogens with zero attached hydrogens (tertiary/aromatic N) is 3. The lowest BCUT2D eigenvalue weighted by Crippen LogP contribution is -2.48. The first kappa shape index (κ1) is 26.4. The summed E-state index contributed by atoms with van der Waals surface area (Å²) in [4.78, 5) is 56.5. The van der Waals surface area contributed by atoms with Crippen LogP contribution in [0.4, 0.5) is 0 Å². The second-order valence-electron chi connectivity index (χ2n) is 9.16. The number of piperidine rings is 1. The second kappa shape index (κ2) is 12.0. The minimum absolute atomic E-state index is 0.0708. The molecule has 4 rings (SSSR count). The van der Waals surface area contributed by atoms with Crippen LogP contribution in [0.15, 0.2) is 83.8 Å². The molecule has 2 aromatic carbocycles. The van der Waals surface area contributed by atoms with Crippen molar-refractivity contribution in [1.29, 1.82) is 0 Å². The third-order valence-electron chi connectivity index (χ3n) is 6.79. The summed E-state index contributed by atoms with van der Waals surface area (Å²) in [6.07, 6.45) is 2.31. The zero-order valence-corrected chi connectivity index (χ0v) is 21.5. The van der Waals surface area contributed by atoms with Gasteiger partial charge in [0, 0.05) is 49.9 Å². The van der Waals surface area contributed by atoms with Gasteiger partial charge in [0.2, 0.25) is 5.91 Å². The Bertz CT molecular complexity index is 1300. The average Bonchev–Trinajstić information content (AvgIpc) is 2.94. The molecule has 1 aliphatic heterocycles. The number of likely N-dealkylation sites (tertiary alicyclic amines) is 1. The number of halogens is 1. The molecule has 1 aliphatic rings. The van der Waals surface area contributed by atoms with Crippen molar-refractivity contribution in [3.05, 3.63) is 105 Å². The maximum Gasteiger partial charge on any atom is 0.253 e. The lowest BCUT2D eigenvalue weighted by Gasteiger charge is -2.35. The van der Waals surface area contributed by atoms with Crippen LogP contribution in [0.5, 0.6) is 0 Å². The number of pyridine rings is 1. The summed E-state index contributed by atoms with van der Waals surface area (Å²) in [7, 11) is 0. The number of rotatable bonds is 8. The van der Waals surface area contributed by atoms with Gasteiger partial charge in [-0.25, -0.2) is 0 Å². The maximum atomic E-state index is 13.7. The Morgan fingerprint density at radius 3 is 2.19 bits per heavy atom. The predicted octanol–water partition coefficient (Wildman–Crippen LogP) is 4.21. The zero-order valence-electron chi connectivity index (χ0n) is 20.8. The molecule has 1 unspecified atom stereocenters. The minimum Gasteiger partial charge on any atom is -0.340 e. The van der Waals surface area contributed by atoms with Gasteiger partial charge in [0.05, 0.1) is 5.02 Å². The van der Waals surface area contributed by atoms with Crippen molar-refractivity contribution in [2.45, 2.75) is 32.4 Å². The van der Waals surface area contributed by atoms with Crippen LogP contribution < -0.4 is 5.56 Å². The van der Waals surface area contributed by atoms with Crippen LogP contribution in [0, 0.1) is 5.92 Å². The van der Waals surface area contributed by atoms with Crippen LogP contribution in [0.3, 0.4) is 0 Å². The molecule has 2 heterocycles. The summed E-state index contributed by atoms with van der Waals surface area (Å²) < 4.78 is 1.11. The Morgan fingerprint density at radius 2 is 1.57 bits per heavy atom. The molecular weight excluding hydrogens is 490 g/mol. The number of amides is 2. The molecule has 192 valence electrons. The fourth-order valence-electron chi connectivity index (χ4n) is 4.72. The highest BCUT2D eigenvalue weighted by molar-refractivity contribution is 6.30. The van der Waals surface area contributed by atoms with Crippen LogP contribution in [-0.4, -0.2) is 51.6 Å². The Morgan fingerprint density at radius 1 is 0.946 bits per heavy atom. The quantitative estimate of drug-likeness (QED) is 0.330. The van der Waals surface area contributed by atoms with Gasteiger partial charge in [-0.3, -0.25) is 23.7 Å². The number of benzene rings is 2. The van der Waals surface area contributed by atoms with Crippen molar-refractivity contribution in [3.8, 4) is 0 Å². The molecule has 37 heavy (non-hydrogen) atoms. The van der Waals surface area contributed by atoms with Crippen LogP contribution in [0.2, 0.25) is 5.02 Å². The van der Waals surface area contributed by atoms with E-state index in [9.17, 15) is 19.2 Å². The largest absolute Gasteiger partial charge is 0.340 e. The van der Waals surface area contributed by atoms with Crippen LogP contribution in [-0.2, 0) is 16.1 Å². The Kier molecular flexibility index (Phi) is 8.56. The predicted molar refractivity (Wildman–Crippen MR) is 142 cm³/mol. The number of Topliss-reactive ketones (excluding diaryl/α,β-unsaturated/α-hetero) is 1. The van der Waals surface area contributed by atoms with Gasteiger partial charge in [-0.15, -0.1) is 0 Å². The average molecular weight is 520 g/mol. The normalized spacial score (nSPS) is 14.7. The fraction of sp³-hybridized carbons (Fsp3) is 0.310. The van der Waals surface area contributed by atoms with E-state index in [0.717, 1.165) is 10.1 Å². The number of ketones is 1. The van der Waals surface area contributed by atoms with Gasteiger partial charge >= 0.3 is 0 Å². The summed E-state index contributed by atoms with van der Waals surface area (Å²) in [5.41, 5.74) is 0.911. The Labute approximate surface area is 221 Å². The summed E-state index contributed by atoms with van der Waals surface area (Å²) in [5.74, 6) is -1.08. The zero-order chi connectivity index (χ0) is 26.4. The molecule has 0 radical (unpaired) electrons. The third-order valence-corrected chi connectivity index (χ3v) is 7.01. The first-order valence-corrected chi connectivity index (χ1v) is 12.8.